The van der Waals surface area contributed by atoms with E-state index in [1.54, 1.807) is 6.07 Å². The van der Waals surface area contributed by atoms with Crippen molar-refractivity contribution in [1.29, 1.82) is 0 Å². The van der Waals surface area contributed by atoms with Crippen molar-refractivity contribution in [2.24, 2.45) is 10.7 Å². The minimum Gasteiger partial charge on any atom is -0.463 e. The summed E-state index contributed by atoms with van der Waals surface area (Å²) in [6, 6.07) is 7.08. The number of aliphatic imine (C=N–C) groups is 1. The molecule has 0 aliphatic carbocycles. The molecule has 1 aromatic rings. The van der Waals surface area contributed by atoms with Crippen molar-refractivity contribution in [2.75, 3.05) is 18.1 Å². The molecule has 1 atom stereocenters. The molecule has 0 amide bonds. The van der Waals surface area contributed by atoms with Crippen LogP contribution in [-0.4, -0.2) is 31.3 Å². The predicted molar refractivity (Wildman–Crippen MR) is 70.2 cm³/mol. The van der Waals surface area contributed by atoms with Gasteiger partial charge in [-0.15, -0.1) is 0 Å². The molecule has 1 aliphatic rings. The van der Waals surface area contributed by atoms with Crippen LogP contribution in [0.1, 0.15) is 13.8 Å². The van der Waals surface area contributed by atoms with Gasteiger partial charge in [0.15, 0.2) is 0 Å². The number of nitrogens with zero attached hydrogens (tertiary/aromatic N) is 2. The zero-order chi connectivity index (χ0) is 13.1. The van der Waals surface area contributed by atoms with Crippen molar-refractivity contribution in [3.63, 3.8) is 0 Å². The number of benzene rings is 1. The summed E-state index contributed by atoms with van der Waals surface area (Å²) < 4.78 is 18.4. The molecule has 1 aliphatic heterocycles. The third-order valence-electron chi connectivity index (χ3n) is 2.90. The first-order valence-corrected chi connectivity index (χ1v) is 6.04. The van der Waals surface area contributed by atoms with Crippen LogP contribution in [-0.2, 0) is 4.74 Å². The summed E-state index contributed by atoms with van der Waals surface area (Å²) in [5, 5.41) is 0. The molecule has 18 heavy (non-hydrogen) atoms. The number of nitrogens with two attached hydrogens (primary N) is 1. The number of ether oxygens (including phenoxy) is 1. The van der Waals surface area contributed by atoms with Crippen LogP contribution < -0.4 is 10.6 Å². The van der Waals surface area contributed by atoms with Crippen LogP contribution >= 0.6 is 0 Å². The average molecular weight is 251 g/mol. The van der Waals surface area contributed by atoms with Crippen molar-refractivity contribution < 1.29 is 9.13 Å². The lowest BCUT2D eigenvalue weighted by Gasteiger charge is -2.30. The van der Waals surface area contributed by atoms with Gasteiger partial charge >= 0.3 is 0 Å². The maximum atomic E-state index is 13.3. The molecular formula is C13H18FN3O. The van der Waals surface area contributed by atoms with Crippen LogP contribution in [0, 0.1) is 5.82 Å². The van der Waals surface area contributed by atoms with Crippen LogP contribution in [0.3, 0.4) is 0 Å². The van der Waals surface area contributed by atoms with Gasteiger partial charge in [-0.2, -0.15) is 0 Å². The zero-order valence-corrected chi connectivity index (χ0v) is 10.6. The van der Waals surface area contributed by atoms with Crippen molar-refractivity contribution in [1.82, 2.24) is 0 Å². The molecule has 1 aromatic carbocycles. The first-order valence-electron chi connectivity index (χ1n) is 6.04. The van der Waals surface area contributed by atoms with Crippen molar-refractivity contribution in [3.05, 3.63) is 30.1 Å². The van der Waals surface area contributed by atoms with Crippen molar-refractivity contribution in [3.8, 4) is 0 Å². The predicted octanol–water partition coefficient (Wildman–Crippen LogP) is 1.75. The largest absolute Gasteiger partial charge is 0.463 e. The molecule has 2 rings (SSSR count). The summed E-state index contributed by atoms with van der Waals surface area (Å²) in [5.41, 5.74) is 6.34. The van der Waals surface area contributed by atoms with E-state index in [0.717, 1.165) is 5.69 Å². The van der Waals surface area contributed by atoms with E-state index >= 15 is 0 Å². The fourth-order valence-electron chi connectivity index (χ4n) is 2.03. The lowest BCUT2D eigenvalue weighted by molar-refractivity contribution is 0.312. The fraction of sp³-hybridized carbons (Fsp3) is 0.462. The molecule has 1 unspecified atom stereocenters. The van der Waals surface area contributed by atoms with Crippen LogP contribution in [0.25, 0.3) is 0 Å². The Hall–Kier alpha value is -1.78. The maximum absolute atomic E-state index is 13.3. The minimum absolute atomic E-state index is 0.00988. The summed E-state index contributed by atoms with van der Waals surface area (Å²) in [5.74, 6) is -0.233. The standard InChI is InChI=1S/C13H18FN3O/c1-9(2)17(7-11-8-18-13(15)16-11)12-5-3-4-10(14)6-12/h3-6,9,11H,7-8H2,1-2H3,(H2,15,16). The topological polar surface area (TPSA) is 50.9 Å². The second-order valence-electron chi connectivity index (χ2n) is 4.66. The first kappa shape index (κ1) is 12.7. The Balaban J connectivity index is 2.14. The van der Waals surface area contributed by atoms with Crippen molar-refractivity contribution in [2.45, 2.75) is 25.9 Å². The summed E-state index contributed by atoms with van der Waals surface area (Å²) in [4.78, 5) is 6.29. The van der Waals surface area contributed by atoms with E-state index in [1.165, 1.54) is 12.1 Å². The fourth-order valence-corrected chi connectivity index (χ4v) is 2.03. The van der Waals surface area contributed by atoms with Gasteiger partial charge in [-0.25, -0.2) is 9.38 Å². The number of amidine groups is 1. The molecule has 5 heteroatoms. The second kappa shape index (κ2) is 5.25. The van der Waals surface area contributed by atoms with Gasteiger partial charge in [0.1, 0.15) is 18.5 Å². The highest BCUT2D eigenvalue weighted by molar-refractivity contribution is 5.73. The number of hydrogen-bond donors (Lipinski definition) is 1. The molecule has 0 radical (unpaired) electrons. The molecule has 98 valence electrons. The van der Waals surface area contributed by atoms with Gasteiger partial charge in [0.2, 0.25) is 0 Å². The third kappa shape index (κ3) is 2.91. The molecular weight excluding hydrogens is 233 g/mol. The SMILES string of the molecule is CC(C)N(CC1COC(N)=N1)c1cccc(F)c1. The van der Waals surface area contributed by atoms with Crippen LogP contribution in [0.2, 0.25) is 0 Å². The molecule has 0 saturated carbocycles. The summed E-state index contributed by atoms with van der Waals surface area (Å²) in [6.45, 7) is 5.29. The van der Waals surface area contributed by atoms with Crippen molar-refractivity contribution >= 4 is 11.7 Å². The molecule has 4 nitrogen and oxygen atoms in total. The molecule has 1 heterocycles. The number of hydrogen-bond acceptors (Lipinski definition) is 4. The molecule has 0 bridgehead atoms. The Labute approximate surface area is 106 Å². The quantitative estimate of drug-likeness (QED) is 0.887. The molecule has 0 aromatic heterocycles. The highest BCUT2D eigenvalue weighted by Crippen LogP contribution is 2.20. The molecule has 2 N–H and O–H groups in total. The van der Waals surface area contributed by atoms with E-state index < -0.39 is 0 Å². The summed E-state index contributed by atoms with van der Waals surface area (Å²) in [6.07, 6.45) is 0. The van der Waals surface area contributed by atoms with Gasteiger partial charge < -0.3 is 15.4 Å². The van der Waals surface area contributed by atoms with E-state index in [-0.39, 0.29) is 23.9 Å². The third-order valence-corrected chi connectivity index (χ3v) is 2.90. The Morgan fingerprint density at radius 2 is 2.33 bits per heavy atom. The molecule has 0 fully saturated rings. The number of anilines is 1. The molecule has 0 spiro atoms. The van der Waals surface area contributed by atoms with Gasteiger partial charge in [-0.05, 0) is 32.0 Å². The lowest BCUT2D eigenvalue weighted by Crippen LogP contribution is -2.37. The van der Waals surface area contributed by atoms with Gasteiger partial charge in [0.25, 0.3) is 6.02 Å². The Morgan fingerprint density at radius 1 is 1.56 bits per heavy atom. The smallest absolute Gasteiger partial charge is 0.282 e. The van der Waals surface area contributed by atoms with Crippen LogP contribution in [0.4, 0.5) is 10.1 Å². The summed E-state index contributed by atoms with van der Waals surface area (Å²) in [7, 11) is 0. The normalized spacial score (nSPS) is 18.7. The highest BCUT2D eigenvalue weighted by Gasteiger charge is 2.22. The average Bonchev–Trinajstić information content (AvgIpc) is 2.71. The van der Waals surface area contributed by atoms with Gasteiger partial charge in [0, 0.05) is 18.3 Å². The first-order chi connectivity index (χ1) is 8.56. The van der Waals surface area contributed by atoms with E-state index in [0.29, 0.717) is 13.2 Å². The molecule has 0 saturated heterocycles. The minimum atomic E-state index is -0.233. The highest BCUT2D eigenvalue weighted by atomic mass is 19.1. The van der Waals surface area contributed by atoms with E-state index in [9.17, 15) is 4.39 Å². The zero-order valence-electron chi connectivity index (χ0n) is 10.6. The van der Waals surface area contributed by atoms with Gasteiger partial charge in [-0.1, -0.05) is 6.07 Å². The Bertz CT molecular complexity index is 448. The number of halogens is 1. The van der Waals surface area contributed by atoms with Crippen LogP contribution in [0.15, 0.2) is 29.3 Å². The van der Waals surface area contributed by atoms with E-state index in [2.05, 4.69) is 23.7 Å². The monoisotopic (exact) mass is 251 g/mol. The van der Waals surface area contributed by atoms with Gasteiger partial charge in [-0.3, -0.25) is 0 Å². The lowest BCUT2D eigenvalue weighted by atomic mass is 10.2. The second-order valence-corrected chi connectivity index (χ2v) is 4.66. The summed E-state index contributed by atoms with van der Waals surface area (Å²) >= 11 is 0. The number of rotatable bonds is 4. The maximum Gasteiger partial charge on any atom is 0.282 e. The Kier molecular flexibility index (Phi) is 3.69. The van der Waals surface area contributed by atoms with E-state index in [4.69, 9.17) is 10.5 Å². The van der Waals surface area contributed by atoms with E-state index in [1.807, 2.05) is 6.07 Å². The van der Waals surface area contributed by atoms with Gasteiger partial charge in [0.05, 0.1) is 0 Å². The van der Waals surface area contributed by atoms with Crippen LogP contribution in [0.5, 0.6) is 0 Å². The Morgan fingerprint density at radius 3 is 2.89 bits per heavy atom.